The number of fused-ring (bicyclic) bond motifs is 1. The molecule has 144 valence electrons. The zero-order chi connectivity index (χ0) is 20.5. The Balaban J connectivity index is 1.59. The molecular weight excluding hydrogens is 364 g/mol. The van der Waals surface area contributed by atoms with E-state index in [1.807, 2.05) is 24.3 Å². The fourth-order valence-electron chi connectivity index (χ4n) is 4.02. The third kappa shape index (κ3) is 3.29. The van der Waals surface area contributed by atoms with E-state index < -0.39 is 0 Å². The van der Waals surface area contributed by atoms with Crippen molar-refractivity contribution in [2.75, 3.05) is 11.5 Å². The normalized spacial score (nSPS) is 10.9. The maximum absolute atomic E-state index is 6.13. The summed E-state index contributed by atoms with van der Waals surface area (Å²) in [5.74, 6) is 0. The molecule has 0 unspecified atom stereocenters. The van der Waals surface area contributed by atoms with Crippen LogP contribution in [0.3, 0.4) is 0 Å². The molecule has 30 heavy (non-hydrogen) atoms. The molecule has 0 radical (unpaired) electrons. The van der Waals surface area contributed by atoms with Crippen LogP contribution in [0.2, 0.25) is 0 Å². The van der Waals surface area contributed by atoms with Crippen LogP contribution in [0.4, 0.5) is 11.4 Å². The minimum Gasteiger partial charge on any atom is -0.399 e. The molecule has 0 saturated carbocycles. The second-order valence-electron chi connectivity index (χ2n) is 7.53. The van der Waals surface area contributed by atoms with Crippen molar-refractivity contribution in [3.8, 4) is 33.4 Å². The Morgan fingerprint density at radius 2 is 0.967 bits per heavy atom. The van der Waals surface area contributed by atoms with Gasteiger partial charge in [-0.05, 0) is 68.4 Å². The molecule has 0 fully saturated rings. The summed E-state index contributed by atoms with van der Waals surface area (Å²) in [5.41, 5.74) is 20.5. The summed E-state index contributed by atoms with van der Waals surface area (Å²) in [5, 5.41) is 2.51. The largest absolute Gasteiger partial charge is 0.399 e. The van der Waals surface area contributed by atoms with Gasteiger partial charge >= 0.3 is 0 Å². The lowest BCUT2D eigenvalue weighted by molar-refractivity contribution is 1.57. The summed E-state index contributed by atoms with van der Waals surface area (Å²) < 4.78 is 0. The van der Waals surface area contributed by atoms with Crippen molar-refractivity contribution in [1.29, 1.82) is 0 Å². The fourth-order valence-corrected chi connectivity index (χ4v) is 4.02. The quantitative estimate of drug-likeness (QED) is 0.328. The lowest BCUT2D eigenvalue weighted by Crippen LogP contribution is -1.91. The standard InChI is InChI=1S/C28H22N2/c29-23-14-12-21(13-15-23)27-17-16-24(30)18-28(27)22-10-8-20(9-11-22)26-7-3-5-19-4-1-2-6-25(19)26/h1-18H,29-30H2. The molecule has 0 spiro atoms. The average molecular weight is 386 g/mol. The van der Waals surface area contributed by atoms with Crippen LogP contribution in [0.15, 0.2) is 109 Å². The summed E-state index contributed by atoms with van der Waals surface area (Å²) in [6, 6.07) is 37.7. The molecule has 0 saturated heterocycles. The maximum Gasteiger partial charge on any atom is 0.0320 e. The van der Waals surface area contributed by atoms with E-state index in [-0.39, 0.29) is 0 Å². The van der Waals surface area contributed by atoms with Crippen molar-refractivity contribution in [3.05, 3.63) is 109 Å². The minimum atomic E-state index is 0.752. The number of rotatable bonds is 3. The zero-order valence-electron chi connectivity index (χ0n) is 16.5. The second-order valence-corrected chi connectivity index (χ2v) is 7.53. The van der Waals surface area contributed by atoms with Crippen molar-refractivity contribution in [3.63, 3.8) is 0 Å². The smallest absolute Gasteiger partial charge is 0.0320 e. The first-order chi connectivity index (χ1) is 14.7. The number of hydrogen-bond donors (Lipinski definition) is 2. The van der Waals surface area contributed by atoms with Gasteiger partial charge in [-0.3, -0.25) is 0 Å². The van der Waals surface area contributed by atoms with Gasteiger partial charge in [0.15, 0.2) is 0 Å². The Bertz CT molecular complexity index is 1330. The molecule has 0 bridgehead atoms. The average Bonchev–Trinajstić information content (AvgIpc) is 2.79. The van der Waals surface area contributed by atoms with Gasteiger partial charge in [0.05, 0.1) is 0 Å². The summed E-state index contributed by atoms with van der Waals surface area (Å²) in [7, 11) is 0. The molecule has 5 aromatic rings. The number of anilines is 2. The first kappa shape index (κ1) is 18.0. The van der Waals surface area contributed by atoms with Gasteiger partial charge in [-0.15, -0.1) is 0 Å². The van der Waals surface area contributed by atoms with Gasteiger partial charge < -0.3 is 11.5 Å². The minimum absolute atomic E-state index is 0.752. The van der Waals surface area contributed by atoms with Crippen molar-refractivity contribution >= 4 is 22.1 Å². The number of nitrogen functional groups attached to an aromatic ring is 2. The van der Waals surface area contributed by atoms with Crippen LogP contribution in [-0.4, -0.2) is 0 Å². The molecule has 0 heterocycles. The third-order valence-electron chi connectivity index (χ3n) is 5.56. The summed E-state index contributed by atoms with van der Waals surface area (Å²) in [4.78, 5) is 0. The first-order valence-corrected chi connectivity index (χ1v) is 10.0. The molecule has 0 aliphatic carbocycles. The van der Waals surface area contributed by atoms with Crippen LogP contribution in [0, 0.1) is 0 Å². The highest BCUT2D eigenvalue weighted by molar-refractivity contribution is 5.97. The van der Waals surface area contributed by atoms with Gasteiger partial charge in [-0.2, -0.15) is 0 Å². The van der Waals surface area contributed by atoms with Crippen LogP contribution in [0.1, 0.15) is 0 Å². The molecular formula is C28H22N2. The van der Waals surface area contributed by atoms with E-state index in [0.717, 1.165) is 33.6 Å². The van der Waals surface area contributed by atoms with Gasteiger partial charge in [0.2, 0.25) is 0 Å². The van der Waals surface area contributed by atoms with E-state index in [9.17, 15) is 0 Å². The van der Waals surface area contributed by atoms with E-state index in [1.165, 1.54) is 21.9 Å². The van der Waals surface area contributed by atoms with Gasteiger partial charge in [-0.25, -0.2) is 0 Å². The molecule has 2 nitrogen and oxygen atoms in total. The van der Waals surface area contributed by atoms with Crippen LogP contribution < -0.4 is 11.5 Å². The molecule has 5 aromatic carbocycles. The van der Waals surface area contributed by atoms with Gasteiger partial charge in [0, 0.05) is 11.4 Å². The zero-order valence-corrected chi connectivity index (χ0v) is 16.5. The Labute approximate surface area is 176 Å². The van der Waals surface area contributed by atoms with Crippen LogP contribution in [0.5, 0.6) is 0 Å². The highest BCUT2D eigenvalue weighted by atomic mass is 14.5. The Kier molecular flexibility index (Phi) is 4.45. The van der Waals surface area contributed by atoms with E-state index in [4.69, 9.17) is 11.5 Å². The SMILES string of the molecule is Nc1ccc(-c2ccc(N)cc2-c2ccc(-c3cccc4ccccc34)cc2)cc1. The van der Waals surface area contributed by atoms with Gasteiger partial charge in [0.1, 0.15) is 0 Å². The predicted molar refractivity (Wildman–Crippen MR) is 129 cm³/mol. The van der Waals surface area contributed by atoms with Crippen molar-refractivity contribution < 1.29 is 0 Å². The Morgan fingerprint density at radius 1 is 0.400 bits per heavy atom. The molecule has 0 amide bonds. The first-order valence-electron chi connectivity index (χ1n) is 10.0. The van der Waals surface area contributed by atoms with E-state index in [2.05, 4.69) is 84.9 Å². The number of benzene rings is 5. The summed E-state index contributed by atoms with van der Waals surface area (Å²) in [6.07, 6.45) is 0. The molecule has 2 heteroatoms. The van der Waals surface area contributed by atoms with Crippen LogP contribution in [0.25, 0.3) is 44.2 Å². The maximum atomic E-state index is 6.13. The summed E-state index contributed by atoms with van der Waals surface area (Å²) in [6.45, 7) is 0. The Morgan fingerprint density at radius 3 is 1.73 bits per heavy atom. The van der Waals surface area contributed by atoms with E-state index in [0.29, 0.717) is 0 Å². The predicted octanol–water partition coefficient (Wildman–Crippen LogP) is 7.01. The van der Waals surface area contributed by atoms with Crippen molar-refractivity contribution in [2.24, 2.45) is 0 Å². The lowest BCUT2D eigenvalue weighted by atomic mass is 9.92. The highest BCUT2D eigenvalue weighted by Gasteiger charge is 2.10. The molecule has 4 N–H and O–H groups in total. The number of hydrogen-bond acceptors (Lipinski definition) is 2. The van der Waals surface area contributed by atoms with E-state index in [1.54, 1.807) is 0 Å². The summed E-state index contributed by atoms with van der Waals surface area (Å²) >= 11 is 0. The lowest BCUT2D eigenvalue weighted by Gasteiger charge is -2.13. The van der Waals surface area contributed by atoms with Crippen molar-refractivity contribution in [2.45, 2.75) is 0 Å². The third-order valence-corrected chi connectivity index (χ3v) is 5.56. The second kappa shape index (κ2) is 7.41. The number of nitrogens with two attached hydrogens (primary N) is 2. The van der Waals surface area contributed by atoms with Gasteiger partial charge in [-0.1, -0.05) is 84.9 Å². The monoisotopic (exact) mass is 386 g/mol. The van der Waals surface area contributed by atoms with Gasteiger partial charge in [0.25, 0.3) is 0 Å². The highest BCUT2D eigenvalue weighted by Crippen LogP contribution is 2.36. The van der Waals surface area contributed by atoms with Crippen LogP contribution >= 0.6 is 0 Å². The Hall–Kier alpha value is -4.04. The van der Waals surface area contributed by atoms with Crippen molar-refractivity contribution in [1.82, 2.24) is 0 Å². The molecule has 0 aliphatic rings. The molecule has 0 aromatic heterocycles. The molecule has 0 atom stereocenters. The van der Waals surface area contributed by atoms with Crippen LogP contribution in [-0.2, 0) is 0 Å². The molecule has 5 rings (SSSR count). The molecule has 0 aliphatic heterocycles. The topological polar surface area (TPSA) is 52.0 Å². The van der Waals surface area contributed by atoms with E-state index >= 15 is 0 Å². The fraction of sp³-hybridized carbons (Fsp3) is 0.